The standard InChI is InChI=1S/C11H19ClN2O2/c1-5-15-6-8(2)16-7-10-9(3)13-14(4)11(10)12/h8H,5-7H2,1-4H3. The third kappa shape index (κ3) is 3.47. The van der Waals surface area contributed by atoms with Crippen LogP contribution in [0.5, 0.6) is 0 Å². The number of hydrogen-bond donors (Lipinski definition) is 0. The van der Waals surface area contributed by atoms with Gasteiger partial charge in [0.2, 0.25) is 0 Å². The number of aryl methyl sites for hydroxylation is 2. The predicted octanol–water partition coefficient (Wildman–Crippen LogP) is 2.32. The summed E-state index contributed by atoms with van der Waals surface area (Å²) in [6.45, 7) is 7.67. The lowest BCUT2D eigenvalue weighted by molar-refractivity contribution is -0.0118. The van der Waals surface area contributed by atoms with E-state index in [0.29, 0.717) is 25.0 Å². The van der Waals surface area contributed by atoms with Crippen molar-refractivity contribution in [3.63, 3.8) is 0 Å². The van der Waals surface area contributed by atoms with E-state index in [0.717, 1.165) is 11.3 Å². The van der Waals surface area contributed by atoms with Crippen LogP contribution < -0.4 is 0 Å². The molecule has 1 heterocycles. The van der Waals surface area contributed by atoms with Crippen molar-refractivity contribution >= 4 is 11.6 Å². The molecular weight excluding hydrogens is 228 g/mol. The quantitative estimate of drug-likeness (QED) is 0.773. The van der Waals surface area contributed by atoms with Crippen LogP contribution in [0.3, 0.4) is 0 Å². The molecule has 0 N–H and O–H groups in total. The maximum absolute atomic E-state index is 6.09. The first-order chi connectivity index (χ1) is 7.56. The summed E-state index contributed by atoms with van der Waals surface area (Å²) in [6.07, 6.45) is 0.0654. The summed E-state index contributed by atoms with van der Waals surface area (Å²) in [6, 6.07) is 0. The zero-order chi connectivity index (χ0) is 12.1. The van der Waals surface area contributed by atoms with Crippen molar-refractivity contribution in [3.8, 4) is 0 Å². The SMILES string of the molecule is CCOCC(C)OCc1c(C)nn(C)c1Cl. The van der Waals surface area contributed by atoms with Crippen LogP contribution in [0, 0.1) is 6.92 Å². The molecule has 0 aliphatic carbocycles. The maximum Gasteiger partial charge on any atom is 0.132 e. The molecule has 0 fully saturated rings. The van der Waals surface area contributed by atoms with Gasteiger partial charge in [0.1, 0.15) is 5.15 Å². The van der Waals surface area contributed by atoms with Crippen molar-refractivity contribution in [2.24, 2.45) is 7.05 Å². The zero-order valence-corrected chi connectivity index (χ0v) is 11.0. The lowest BCUT2D eigenvalue weighted by atomic mass is 10.3. The molecule has 16 heavy (non-hydrogen) atoms. The van der Waals surface area contributed by atoms with Crippen LogP contribution in [0.4, 0.5) is 0 Å². The molecular formula is C11H19ClN2O2. The molecule has 0 bridgehead atoms. The molecule has 0 saturated heterocycles. The summed E-state index contributed by atoms with van der Waals surface area (Å²) in [7, 11) is 1.82. The monoisotopic (exact) mass is 246 g/mol. The van der Waals surface area contributed by atoms with Gasteiger partial charge in [-0.3, -0.25) is 4.68 Å². The van der Waals surface area contributed by atoms with E-state index in [2.05, 4.69) is 5.10 Å². The van der Waals surface area contributed by atoms with Gasteiger partial charge in [-0.25, -0.2) is 0 Å². The number of halogens is 1. The number of nitrogens with zero attached hydrogens (tertiary/aromatic N) is 2. The number of ether oxygens (including phenoxy) is 2. The Kier molecular flexibility index (Phi) is 5.25. The van der Waals surface area contributed by atoms with E-state index in [1.165, 1.54) is 0 Å². The second kappa shape index (κ2) is 6.23. The second-order valence-electron chi connectivity index (χ2n) is 3.76. The molecule has 0 spiro atoms. The van der Waals surface area contributed by atoms with Crippen LogP contribution in [0.2, 0.25) is 5.15 Å². The Morgan fingerprint density at radius 2 is 2.19 bits per heavy atom. The van der Waals surface area contributed by atoms with Crippen LogP contribution in [0.15, 0.2) is 0 Å². The minimum absolute atomic E-state index is 0.0654. The minimum Gasteiger partial charge on any atom is -0.379 e. The summed E-state index contributed by atoms with van der Waals surface area (Å²) >= 11 is 6.09. The van der Waals surface area contributed by atoms with Gasteiger partial charge >= 0.3 is 0 Å². The topological polar surface area (TPSA) is 36.3 Å². The van der Waals surface area contributed by atoms with Crippen molar-refractivity contribution < 1.29 is 9.47 Å². The first kappa shape index (κ1) is 13.5. The Balaban J connectivity index is 2.48. The summed E-state index contributed by atoms with van der Waals surface area (Å²) in [4.78, 5) is 0. The molecule has 1 atom stereocenters. The average Bonchev–Trinajstić information content (AvgIpc) is 2.48. The molecule has 1 rings (SSSR count). The lowest BCUT2D eigenvalue weighted by Crippen LogP contribution is -2.16. The van der Waals surface area contributed by atoms with Gasteiger partial charge < -0.3 is 9.47 Å². The van der Waals surface area contributed by atoms with Gasteiger partial charge in [-0.15, -0.1) is 0 Å². The molecule has 1 unspecified atom stereocenters. The minimum atomic E-state index is 0.0654. The first-order valence-corrected chi connectivity index (χ1v) is 5.81. The highest BCUT2D eigenvalue weighted by Gasteiger charge is 2.12. The van der Waals surface area contributed by atoms with E-state index < -0.39 is 0 Å². The van der Waals surface area contributed by atoms with Crippen LogP contribution in [-0.2, 0) is 23.1 Å². The largest absolute Gasteiger partial charge is 0.379 e. The Morgan fingerprint density at radius 3 is 2.69 bits per heavy atom. The van der Waals surface area contributed by atoms with Gasteiger partial charge in [0.25, 0.3) is 0 Å². The molecule has 0 aliphatic rings. The Hall–Kier alpha value is -0.580. The van der Waals surface area contributed by atoms with Crippen molar-refractivity contribution in [1.29, 1.82) is 0 Å². The third-order valence-electron chi connectivity index (χ3n) is 2.34. The van der Waals surface area contributed by atoms with Gasteiger partial charge in [-0.05, 0) is 20.8 Å². The Bertz CT molecular complexity index is 339. The molecule has 1 aromatic heterocycles. The molecule has 5 heteroatoms. The Labute approximate surface area is 101 Å². The third-order valence-corrected chi connectivity index (χ3v) is 2.81. The summed E-state index contributed by atoms with van der Waals surface area (Å²) < 4.78 is 12.6. The van der Waals surface area contributed by atoms with Crippen LogP contribution in [-0.4, -0.2) is 29.1 Å². The predicted molar refractivity (Wildman–Crippen MR) is 63.7 cm³/mol. The fraction of sp³-hybridized carbons (Fsp3) is 0.727. The van der Waals surface area contributed by atoms with Crippen LogP contribution in [0.1, 0.15) is 25.1 Å². The average molecular weight is 247 g/mol. The van der Waals surface area contributed by atoms with Crippen molar-refractivity contribution in [1.82, 2.24) is 9.78 Å². The molecule has 0 radical (unpaired) electrons. The lowest BCUT2D eigenvalue weighted by Gasteiger charge is -2.12. The van der Waals surface area contributed by atoms with Crippen molar-refractivity contribution in [2.75, 3.05) is 13.2 Å². The van der Waals surface area contributed by atoms with E-state index in [9.17, 15) is 0 Å². The fourth-order valence-corrected chi connectivity index (χ4v) is 1.62. The number of rotatable bonds is 6. The molecule has 0 aliphatic heterocycles. The van der Waals surface area contributed by atoms with Crippen LogP contribution in [0.25, 0.3) is 0 Å². The molecule has 0 aromatic carbocycles. The highest BCUT2D eigenvalue weighted by atomic mass is 35.5. The molecule has 0 saturated carbocycles. The first-order valence-electron chi connectivity index (χ1n) is 5.43. The Morgan fingerprint density at radius 1 is 1.50 bits per heavy atom. The van der Waals surface area contributed by atoms with Gasteiger partial charge in [0.15, 0.2) is 0 Å². The van der Waals surface area contributed by atoms with Crippen molar-refractivity contribution in [3.05, 3.63) is 16.4 Å². The van der Waals surface area contributed by atoms with Gasteiger partial charge in [0, 0.05) is 19.2 Å². The number of aromatic nitrogens is 2. The van der Waals surface area contributed by atoms with E-state index in [1.54, 1.807) is 4.68 Å². The van der Waals surface area contributed by atoms with Gasteiger partial charge in [-0.2, -0.15) is 5.10 Å². The molecule has 0 amide bonds. The van der Waals surface area contributed by atoms with E-state index in [-0.39, 0.29) is 6.10 Å². The smallest absolute Gasteiger partial charge is 0.132 e. The van der Waals surface area contributed by atoms with Crippen LogP contribution >= 0.6 is 11.6 Å². The van der Waals surface area contributed by atoms with E-state index >= 15 is 0 Å². The van der Waals surface area contributed by atoms with E-state index in [4.69, 9.17) is 21.1 Å². The zero-order valence-electron chi connectivity index (χ0n) is 10.3. The van der Waals surface area contributed by atoms with Crippen molar-refractivity contribution in [2.45, 2.75) is 33.5 Å². The normalized spacial score (nSPS) is 13.1. The second-order valence-corrected chi connectivity index (χ2v) is 4.12. The molecule has 92 valence electrons. The highest BCUT2D eigenvalue weighted by molar-refractivity contribution is 6.30. The van der Waals surface area contributed by atoms with Gasteiger partial charge in [-0.1, -0.05) is 11.6 Å². The summed E-state index contributed by atoms with van der Waals surface area (Å²) in [5.74, 6) is 0. The van der Waals surface area contributed by atoms with Gasteiger partial charge in [0.05, 0.1) is 25.0 Å². The molecule has 4 nitrogen and oxygen atoms in total. The highest BCUT2D eigenvalue weighted by Crippen LogP contribution is 2.19. The number of hydrogen-bond acceptors (Lipinski definition) is 3. The maximum atomic E-state index is 6.09. The molecule has 1 aromatic rings. The summed E-state index contributed by atoms with van der Waals surface area (Å²) in [5.41, 5.74) is 1.86. The fourth-order valence-electron chi connectivity index (χ4n) is 1.40. The summed E-state index contributed by atoms with van der Waals surface area (Å²) in [5, 5.41) is 4.86. The van der Waals surface area contributed by atoms with E-state index in [1.807, 2.05) is 27.8 Å².